The quantitative estimate of drug-likeness (QED) is 0.129. The SMILES string of the molecule is CC(C)(C)[C@@H](COC(=O)OCc1ccccc1)NC(=O)[C@@H](CC(=O)OCc1ccccc1)n1ccc(-c2ccc(-c3ccncc3)cc2)c1. The van der Waals surface area contributed by atoms with E-state index in [0.717, 1.165) is 33.4 Å². The maximum atomic E-state index is 14.0. The second-order valence-electron chi connectivity index (χ2n) is 12.8. The lowest BCUT2D eigenvalue weighted by Gasteiger charge is -2.32. The Bertz CT molecular complexity index is 1800. The summed E-state index contributed by atoms with van der Waals surface area (Å²) in [4.78, 5) is 43.7. The molecule has 3 aromatic carbocycles. The Labute approximate surface area is 286 Å². The van der Waals surface area contributed by atoms with Gasteiger partial charge in [-0.2, -0.15) is 0 Å². The molecule has 0 aliphatic carbocycles. The summed E-state index contributed by atoms with van der Waals surface area (Å²) in [6, 6.07) is 31.1. The maximum absolute atomic E-state index is 14.0. The molecule has 2 atom stereocenters. The number of hydrogen-bond acceptors (Lipinski definition) is 7. The number of rotatable bonds is 13. The van der Waals surface area contributed by atoms with Gasteiger partial charge in [0.1, 0.15) is 25.9 Å². The number of benzene rings is 3. The molecular formula is C40H41N3O6. The van der Waals surface area contributed by atoms with E-state index in [1.807, 2.05) is 130 Å². The van der Waals surface area contributed by atoms with Gasteiger partial charge in [0.15, 0.2) is 0 Å². The number of nitrogens with one attached hydrogen (secondary N) is 1. The highest BCUT2D eigenvalue weighted by Crippen LogP contribution is 2.28. The molecule has 1 amide bonds. The first kappa shape index (κ1) is 34.6. The van der Waals surface area contributed by atoms with E-state index < -0.39 is 35.5 Å². The van der Waals surface area contributed by atoms with E-state index in [4.69, 9.17) is 14.2 Å². The van der Waals surface area contributed by atoms with Crippen LogP contribution in [0.5, 0.6) is 0 Å². The van der Waals surface area contributed by atoms with E-state index in [1.165, 1.54) is 0 Å². The summed E-state index contributed by atoms with van der Waals surface area (Å²) in [5, 5.41) is 3.03. The van der Waals surface area contributed by atoms with Crippen LogP contribution in [0.25, 0.3) is 22.3 Å². The fourth-order valence-corrected chi connectivity index (χ4v) is 5.15. The zero-order chi connectivity index (χ0) is 34.6. The van der Waals surface area contributed by atoms with Crippen molar-refractivity contribution in [2.75, 3.05) is 6.61 Å². The van der Waals surface area contributed by atoms with Crippen LogP contribution in [0.1, 0.15) is 44.4 Å². The standard InChI is InChI=1S/C40H41N3O6/c1-40(2,3)36(28-49-39(46)48-27-30-12-8-5-9-13-30)42-38(45)35(24-37(44)47-26-29-10-6-4-7-11-29)43-23-20-34(25-43)32-16-14-31(15-17-32)33-18-21-41-22-19-33/h4-23,25,35-36H,24,26-28H2,1-3H3,(H,42,45)/t35-,36-/m1/s1. The fourth-order valence-electron chi connectivity index (χ4n) is 5.15. The molecule has 0 saturated heterocycles. The minimum atomic E-state index is -0.928. The summed E-state index contributed by atoms with van der Waals surface area (Å²) >= 11 is 0. The predicted octanol–water partition coefficient (Wildman–Crippen LogP) is 7.78. The molecule has 5 rings (SSSR count). The molecule has 2 heterocycles. The van der Waals surface area contributed by atoms with Crippen LogP contribution < -0.4 is 5.32 Å². The summed E-state index contributed by atoms with van der Waals surface area (Å²) in [6.07, 6.45) is 6.11. The van der Waals surface area contributed by atoms with Crippen molar-refractivity contribution in [2.24, 2.45) is 5.41 Å². The number of pyridine rings is 1. The lowest BCUT2D eigenvalue weighted by atomic mass is 9.87. The third-order valence-electron chi connectivity index (χ3n) is 8.14. The molecule has 9 nitrogen and oxygen atoms in total. The Morgan fingerprint density at radius 1 is 0.694 bits per heavy atom. The second kappa shape index (κ2) is 16.4. The normalized spacial score (nSPS) is 12.4. The first-order valence-corrected chi connectivity index (χ1v) is 16.2. The van der Waals surface area contributed by atoms with Gasteiger partial charge in [-0.1, -0.05) is 106 Å². The van der Waals surface area contributed by atoms with Crippen molar-refractivity contribution in [2.45, 2.75) is 52.5 Å². The molecular weight excluding hydrogens is 618 g/mol. The Hall–Kier alpha value is -5.70. The van der Waals surface area contributed by atoms with Gasteiger partial charge in [-0.25, -0.2) is 4.79 Å². The molecule has 252 valence electrons. The first-order valence-electron chi connectivity index (χ1n) is 16.2. The van der Waals surface area contributed by atoms with E-state index in [1.54, 1.807) is 23.2 Å². The second-order valence-corrected chi connectivity index (χ2v) is 12.8. The van der Waals surface area contributed by atoms with Gasteiger partial charge in [0, 0.05) is 24.8 Å². The van der Waals surface area contributed by atoms with Crippen molar-refractivity contribution in [1.82, 2.24) is 14.9 Å². The number of aromatic nitrogens is 2. The van der Waals surface area contributed by atoms with E-state index in [0.29, 0.717) is 0 Å². The number of carbonyl (C=O) groups excluding carboxylic acids is 3. The van der Waals surface area contributed by atoms with Crippen LogP contribution in [0, 0.1) is 5.41 Å². The Morgan fingerprint density at radius 2 is 1.24 bits per heavy atom. The van der Waals surface area contributed by atoms with Gasteiger partial charge in [-0.3, -0.25) is 14.6 Å². The van der Waals surface area contributed by atoms with E-state index in [-0.39, 0.29) is 26.2 Å². The van der Waals surface area contributed by atoms with Gasteiger partial charge in [0.05, 0.1) is 12.5 Å². The molecule has 5 aromatic rings. The lowest BCUT2D eigenvalue weighted by molar-refractivity contribution is -0.148. The van der Waals surface area contributed by atoms with Crippen molar-refractivity contribution in [3.05, 3.63) is 139 Å². The minimum Gasteiger partial charge on any atom is -0.461 e. The van der Waals surface area contributed by atoms with E-state index in [2.05, 4.69) is 10.3 Å². The summed E-state index contributed by atoms with van der Waals surface area (Å²) in [6.45, 7) is 5.85. The van der Waals surface area contributed by atoms with Crippen molar-refractivity contribution in [3.8, 4) is 22.3 Å². The summed E-state index contributed by atoms with van der Waals surface area (Å²) in [5.41, 5.74) is 5.14. The number of carbonyl (C=O) groups is 3. The van der Waals surface area contributed by atoms with Gasteiger partial charge in [0.2, 0.25) is 5.91 Å². The number of nitrogens with zero attached hydrogens (tertiary/aromatic N) is 2. The molecule has 0 saturated carbocycles. The number of ether oxygens (including phenoxy) is 3. The average molecular weight is 660 g/mol. The van der Waals surface area contributed by atoms with Crippen LogP contribution in [0.3, 0.4) is 0 Å². The zero-order valence-corrected chi connectivity index (χ0v) is 28.0. The molecule has 49 heavy (non-hydrogen) atoms. The van der Waals surface area contributed by atoms with E-state index in [9.17, 15) is 14.4 Å². The average Bonchev–Trinajstić information content (AvgIpc) is 3.61. The highest BCUT2D eigenvalue weighted by Gasteiger charge is 2.32. The molecule has 0 aliphatic rings. The first-order chi connectivity index (χ1) is 23.7. The highest BCUT2D eigenvalue weighted by atomic mass is 16.7. The molecule has 1 N–H and O–H groups in total. The highest BCUT2D eigenvalue weighted by molar-refractivity contribution is 5.86. The third-order valence-corrected chi connectivity index (χ3v) is 8.14. The summed E-state index contributed by atoms with van der Waals surface area (Å²) in [5.74, 6) is -0.929. The molecule has 2 aromatic heterocycles. The Kier molecular flexibility index (Phi) is 11.6. The van der Waals surface area contributed by atoms with Gasteiger partial charge >= 0.3 is 12.1 Å². The fraction of sp³-hybridized carbons (Fsp3) is 0.250. The third kappa shape index (κ3) is 10.1. The molecule has 0 fully saturated rings. The smallest absolute Gasteiger partial charge is 0.461 e. The molecule has 9 heteroatoms. The van der Waals surface area contributed by atoms with E-state index >= 15 is 0 Å². The topological polar surface area (TPSA) is 109 Å². The number of esters is 1. The van der Waals surface area contributed by atoms with Crippen LogP contribution in [0.2, 0.25) is 0 Å². The zero-order valence-electron chi connectivity index (χ0n) is 28.0. The number of hydrogen-bond donors (Lipinski definition) is 1. The molecule has 0 bridgehead atoms. The van der Waals surface area contributed by atoms with Crippen LogP contribution in [-0.4, -0.2) is 40.2 Å². The van der Waals surface area contributed by atoms with Gasteiger partial charge in [-0.15, -0.1) is 0 Å². The van der Waals surface area contributed by atoms with Crippen LogP contribution in [0.4, 0.5) is 4.79 Å². The summed E-state index contributed by atoms with van der Waals surface area (Å²) in [7, 11) is 0. The van der Waals surface area contributed by atoms with Crippen LogP contribution in [-0.2, 0) is 37.0 Å². The Balaban J connectivity index is 1.30. The maximum Gasteiger partial charge on any atom is 0.508 e. The molecule has 0 unspecified atom stereocenters. The monoisotopic (exact) mass is 659 g/mol. The van der Waals surface area contributed by atoms with Gasteiger partial charge in [-0.05, 0) is 57.0 Å². The minimum absolute atomic E-state index is 0.0712. The summed E-state index contributed by atoms with van der Waals surface area (Å²) < 4.78 is 18.0. The number of amides is 1. The molecule has 0 spiro atoms. The van der Waals surface area contributed by atoms with Crippen molar-refractivity contribution < 1.29 is 28.6 Å². The van der Waals surface area contributed by atoms with Gasteiger partial charge in [0.25, 0.3) is 0 Å². The van der Waals surface area contributed by atoms with Crippen molar-refractivity contribution in [1.29, 1.82) is 0 Å². The Morgan fingerprint density at radius 3 is 1.84 bits per heavy atom. The molecule has 0 radical (unpaired) electrons. The van der Waals surface area contributed by atoms with Gasteiger partial charge < -0.3 is 24.1 Å². The largest absolute Gasteiger partial charge is 0.508 e. The van der Waals surface area contributed by atoms with Crippen LogP contribution in [0.15, 0.2) is 128 Å². The van der Waals surface area contributed by atoms with Crippen molar-refractivity contribution in [3.63, 3.8) is 0 Å². The van der Waals surface area contributed by atoms with Crippen molar-refractivity contribution >= 4 is 18.0 Å². The molecule has 0 aliphatic heterocycles. The lowest BCUT2D eigenvalue weighted by Crippen LogP contribution is -2.49. The predicted molar refractivity (Wildman–Crippen MR) is 187 cm³/mol. The van der Waals surface area contributed by atoms with Crippen LogP contribution >= 0.6 is 0 Å².